The summed E-state index contributed by atoms with van der Waals surface area (Å²) in [6.45, 7) is 0. The third-order valence-electron chi connectivity index (χ3n) is 4.08. The number of aromatic carboxylic acids is 1. The molecule has 26 heavy (non-hydrogen) atoms. The number of carbonyl (C=O) groups is 2. The Morgan fingerprint density at radius 3 is 1.81 bits per heavy atom. The van der Waals surface area contributed by atoms with Crippen molar-refractivity contribution in [2.45, 2.75) is 5.60 Å². The predicted octanol–water partition coefficient (Wildman–Crippen LogP) is 3.26. The molecule has 0 aromatic heterocycles. The Labute approximate surface area is 150 Å². The first-order chi connectivity index (χ1) is 12.5. The van der Waals surface area contributed by atoms with Crippen molar-refractivity contribution < 1.29 is 19.8 Å². The molecule has 0 saturated carbocycles. The lowest BCUT2D eigenvalue weighted by atomic mass is 9.85. The van der Waals surface area contributed by atoms with Crippen molar-refractivity contribution in [3.63, 3.8) is 0 Å². The average Bonchev–Trinajstić information content (AvgIpc) is 2.68. The van der Waals surface area contributed by atoms with Crippen molar-refractivity contribution in [2.24, 2.45) is 0 Å². The Balaban J connectivity index is 2.01. The number of amides is 1. The summed E-state index contributed by atoms with van der Waals surface area (Å²) < 4.78 is 0. The van der Waals surface area contributed by atoms with Crippen LogP contribution in [-0.2, 0) is 10.4 Å². The molecule has 0 fully saturated rings. The lowest BCUT2D eigenvalue weighted by molar-refractivity contribution is -0.131. The van der Waals surface area contributed by atoms with Gasteiger partial charge in [0.2, 0.25) is 0 Å². The van der Waals surface area contributed by atoms with Gasteiger partial charge in [0.25, 0.3) is 5.91 Å². The molecule has 3 aromatic carbocycles. The number of rotatable bonds is 5. The third-order valence-corrected chi connectivity index (χ3v) is 4.08. The molecule has 0 aliphatic rings. The number of nitrogens with one attached hydrogen (secondary N) is 1. The zero-order chi connectivity index (χ0) is 18.6. The molecule has 0 unspecified atom stereocenters. The van der Waals surface area contributed by atoms with Gasteiger partial charge < -0.3 is 15.5 Å². The highest BCUT2D eigenvalue weighted by molar-refractivity contribution is 6.01. The molecule has 0 saturated heterocycles. The fourth-order valence-electron chi connectivity index (χ4n) is 2.74. The van der Waals surface area contributed by atoms with E-state index in [1.807, 2.05) is 0 Å². The van der Waals surface area contributed by atoms with Crippen molar-refractivity contribution in [2.75, 3.05) is 5.32 Å². The Morgan fingerprint density at radius 1 is 0.769 bits per heavy atom. The van der Waals surface area contributed by atoms with Crippen LogP contribution in [0.25, 0.3) is 0 Å². The second-order valence-corrected chi connectivity index (χ2v) is 5.78. The summed E-state index contributed by atoms with van der Waals surface area (Å²) in [7, 11) is 0. The van der Waals surface area contributed by atoms with Gasteiger partial charge in [0.1, 0.15) is 0 Å². The Bertz CT molecular complexity index is 884. The molecule has 1 amide bonds. The number of hydrogen-bond donors (Lipinski definition) is 3. The number of carboxylic acid groups (broad SMARTS) is 1. The van der Waals surface area contributed by atoms with E-state index in [0.29, 0.717) is 16.8 Å². The summed E-state index contributed by atoms with van der Waals surface area (Å²) >= 11 is 0. The van der Waals surface area contributed by atoms with Crippen LogP contribution >= 0.6 is 0 Å². The quantitative estimate of drug-likeness (QED) is 0.661. The SMILES string of the molecule is O=C(O)c1cccc(NC(=O)C(O)(c2ccccc2)c2ccccc2)c1. The van der Waals surface area contributed by atoms with Crippen molar-refractivity contribution in [3.05, 3.63) is 102 Å². The summed E-state index contributed by atoms with van der Waals surface area (Å²) in [4.78, 5) is 24.1. The van der Waals surface area contributed by atoms with Crippen LogP contribution in [0.2, 0.25) is 0 Å². The van der Waals surface area contributed by atoms with Gasteiger partial charge in [-0.1, -0.05) is 66.7 Å². The summed E-state index contributed by atoms with van der Waals surface area (Å²) in [6, 6.07) is 23.1. The number of hydrogen-bond acceptors (Lipinski definition) is 3. The minimum atomic E-state index is -1.91. The van der Waals surface area contributed by atoms with Crippen molar-refractivity contribution in [1.82, 2.24) is 0 Å². The second kappa shape index (κ2) is 7.21. The van der Waals surface area contributed by atoms with Gasteiger partial charge in [-0.2, -0.15) is 0 Å². The van der Waals surface area contributed by atoms with Crippen LogP contribution in [0, 0.1) is 0 Å². The van der Waals surface area contributed by atoms with Gasteiger partial charge in [-0.15, -0.1) is 0 Å². The highest BCUT2D eigenvalue weighted by atomic mass is 16.4. The standard InChI is InChI=1S/C21H17NO4/c23-19(24)15-8-7-13-18(14-15)22-20(25)21(26,16-9-3-1-4-10-16)17-11-5-2-6-12-17/h1-14,26H,(H,22,25)(H,23,24). The average molecular weight is 347 g/mol. The van der Waals surface area contributed by atoms with Gasteiger partial charge in [0.15, 0.2) is 5.60 Å². The number of anilines is 1. The van der Waals surface area contributed by atoms with Gasteiger partial charge in [-0.25, -0.2) is 4.79 Å². The predicted molar refractivity (Wildman–Crippen MR) is 97.9 cm³/mol. The topological polar surface area (TPSA) is 86.6 Å². The van der Waals surface area contributed by atoms with Crippen molar-refractivity contribution >= 4 is 17.6 Å². The molecular formula is C21H17NO4. The fourth-order valence-corrected chi connectivity index (χ4v) is 2.74. The summed E-state index contributed by atoms with van der Waals surface area (Å²) in [5.74, 6) is -1.76. The first-order valence-corrected chi connectivity index (χ1v) is 8.00. The van der Waals surface area contributed by atoms with Crippen LogP contribution in [-0.4, -0.2) is 22.1 Å². The van der Waals surface area contributed by atoms with Gasteiger partial charge >= 0.3 is 5.97 Å². The molecule has 5 nitrogen and oxygen atoms in total. The van der Waals surface area contributed by atoms with Crippen LogP contribution < -0.4 is 5.32 Å². The van der Waals surface area contributed by atoms with Crippen LogP contribution in [0.4, 0.5) is 5.69 Å². The van der Waals surface area contributed by atoms with Gasteiger partial charge in [-0.3, -0.25) is 4.79 Å². The van der Waals surface area contributed by atoms with E-state index in [4.69, 9.17) is 5.11 Å². The second-order valence-electron chi connectivity index (χ2n) is 5.78. The van der Waals surface area contributed by atoms with E-state index in [1.54, 1.807) is 66.7 Å². The van der Waals surface area contributed by atoms with Crippen LogP contribution in [0.15, 0.2) is 84.9 Å². The molecule has 0 spiro atoms. The highest BCUT2D eigenvalue weighted by Crippen LogP contribution is 2.31. The zero-order valence-corrected chi connectivity index (χ0v) is 13.8. The van der Waals surface area contributed by atoms with Crippen molar-refractivity contribution in [1.29, 1.82) is 0 Å². The molecule has 0 atom stereocenters. The molecule has 0 bridgehead atoms. The molecule has 3 N–H and O–H groups in total. The smallest absolute Gasteiger partial charge is 0.335 e. The molecule has 0 heterocycles. The van der Waals surface area contributed by atoms with Gasteiger partial charge in [0, 0.05) is 5.69 Å². The minimum Gasteiger partial charge on any atom is -0.478 e. The van der Waals surface area contributed by atoms with Crippen LogP contribution in [0.1, 0.15) is 21.5 Å². The number of carbonyl (C=O) groups excluding carboxylic acids is 1. The maximum atomic E-state index is 13.0. The lowest BCUT2D eigenvalue weighted by Crippen LogP contribution is -2.41. The maximum absolute atomic E-state index is 13.0. The van der Waals surface area contributed by atoms with E-state index in [-0.39, 0.29) is 5.56 Å². The first kappa shape index (κ1) is 17.4. The molecular weight excluding hydrogens is 330 g/mol. The molecule has 130 valence electrons. The van der Waals surface area contributed by atoms with Crippen molar-refractivity contribution in [3.8, 4) is 0 Å². The van der Waals surface area contributed by atoms with Crippen LogP contribution in [0.5, 0.6) is 0 Å². The Kier molecular flexibility index (Phi) is 4.82. The number of carboxylic acids is 1. The van der Waals surface area contributed by atoms with Crippen LogP contribution in [0.3, 0.4) is 0 Å². The third kappa shape index (κ3) is 3.34. The molecule has 5 heteroatoms. The number of aliphatic hydroxyl groups is 1. The molecule has 3 aromatic rings. The lowest BCUT2D eigenvalue weighted by Gasteiger charge is -2.28. The maximum Gasteiger partial charge on any atom is 0.335 e. The number of benzene rings is 3. The summed E-state index contributed by atoms with van der Waals surface area (Å²) in [6.07, 6.45) is 0. The summed E-state index contributed by atoms with van der Waals surface area (Å²) in [5.41, 5.74) is -0.746. The van der Waals surface area contributed by atoms with E-state index in [0.717, 1.165) is 0 Å². The normalized spacial score (nSPS) is 11.0. The monoisotopic (exact) mass is 347 g/mol. The Morgan fingerprint density at radius 2 is 1.31 bits per heavy atom. The van der Waals surface area contributed by atoms with E-state index in [2.05, 4.69) is 5.32 Å². The van der Waals surface area contributed by atoms with E-state index >= 15 is 0 Å². The summed E-state index contributed by atoms with van der Waals surface area (Å²) in [5, 5.41) is 23.1. The highest BCUT2D eigenvalue weighted by Gasteiger charge is 2.39. The van der Waals surface area contributed by atoms with E-state index in [1.165, 1.54) is 18.2 Å². The molecule has 3 rings (SSSR count). The van der Waals surface area contributed by atoms with Gasteiger partial charge in [-0.05, 0) is 29.3 Å². The van der Waals surface area contributed by atoms with E-state index in [9.17, 15) is 14.7 Å². The Hall–Kier alpha value is -3.44. The fraction of sp³-hybridized carbons (Fsp3) is 0.0476. The minimum absolute atomic E-state index is 0.0470. The van der Waals surface area contributed by atoms with E-state index < -0.39 is 17.5 Å². The molecule has 0 aliphatic carbocycles. The first-order valence-electron chi connectivity index (χ1n) is 8.00. The molecule has 0 radical (unpaired) electrons. The van der Waals surface area contributed by atoms with Gasteiger partial charge in [0.05, 0.1) is 5.56 Å². The zero-order valence-electron chi connectivity index (χ0n) is 13.8. The largest absolute Gasteiger partial charge is 0.478 e. The molecule has 0 aliphatic heterocycles.